The van der Waals surface area contributed by atoms with E-state index >= 15 is 0 Å². The summed E-state index contributed by atoms with van der Waals surface area (Å²) in [5.41, 5.74) is 1.17. The maximum atomic E-state index is 13.5. The normalized spacial score (nSPS) is 16.3. The third-order valence-electron chi connectivity index (χ3n) is 4.55. The van der Waals surface area contributed by atoms with Gasteiger partial charge in [0.05, 0.1) is 7.11 Å². The molecule has 1 N–H and O–H groups in total. The Hall–Kier alpha value is -2.31. The van der Waals surface area contributed by atoms with Gasteiger partial charge in [0, 0.05) is 38.4 Å². The summed E-state index contributed by atoms with van der Waals surface area (Å²) in [4.78, 5) is 4.52. The summed E-state index contributed by atoms with van der Waals surface area (Å²) in [6.07, 6.45) is -0.651. The molecule has 1 aliphatic rings. The van der Waals surface area contributed by atoms with Gasteiger partial charge in [0.15, 0.2) is 11.6 Å². The average Bonchev–Trinajstić information content (AvgIpc) is 2.68. The molecule has 6 heteroatoms. The highest BCUT2D eigenvalue weighted by molar-refractivity contribution is 5.49. The largest absolute Gasteiger partial charge is 0.497 e. The van der Waals surface area contributed by atoms with Gasteiger partial charge in [0.2, 0.25) is 0 Å². The quantitative estimate of drug-likeness (QED) is 0.822. The number of halogens is 1. The van der Waals surface area contributed by atoms with Crippen LogP contribution in [0.3, 0.4) is 0 Å². The predicted molar refractivity (Wildman–Crippen MR) is 99.5 cm³/mol. The number of benzene rings is 2. The summed E-state index contributed by atoms with van der Waals surface area (Å²) in [7, 11) is 1.66. The molecule has 5 nitrogen and oxygen atoms in total. The molecule has 0 radical (unpaired) electrons. The first-order valence-electron chi connectivity index (χ1n) is 8.82. The van der Waals surface area contributed by atoms with Crippen LogP contribution < -0.4 is 14.4 Å². The van der Waals surface area contributed by atoms with Crippen LogP contribution in [-0.4, -0.2) is 62.6 Å². The second kappa shape index (κ2) is 8.87. The fraction of sp³-hybridized carbons (Fsp3) is 0.400. The summed E-state index contributed by atoms with van der Waals surface area (Å²) >= 11 is 0. The fourth-order valence-electron chi connectivity index (χ4n) is 3.08. The number of nitrogens with zero attached hydrogens (tertiary/aromatic N) is 2. The lowest BCUT2D eigenvalue weighted by molar-refractivity contribution is 0.0649. The van der Waals surface area contributed by atoms with E-state index in [-0.39, 0.29) is 12.4 Å². The van der Waals surface area contributed by atoms with Crippen molar-refractivity contribution in [1.29, 1.82) is 0 Å². The Morgan fingerprint density at radius 1 is 1.04 bits per heavy atom. The number of para-hydroxylation sites is 1. The molecular weight excluding hydrogens is 335 g/mol. The van der Waals surface area contributed by atoms with Crippen molar-refractivity contribution in [2.75, 3.05) is 51.3 Å². The van der Waals surface area contributed by atoms with Gasteiger partial charge >= 0.3 is 0 Å². The number of anilines is 1. The lowest BCUT2D eigenvalue weighted by Gasteiger charge is -2.36. The van der Waals surface area contributed by atoms with Gasteiger partial charge in [0.25, 0.3) is 0 Å². The van der Waals surface area contributed by atoms with E-state index in [0.717, 1.165) is 31.9 Å². The van der Waals surface area contributed by atoms with E-state index < -0.39 is 11.9 Å². The number of ether oxygens (including phenoxy) is 2. The van der Waals surface area contributed by atoms with Crippen LogP contribution in [0.5, 0.6) is 11.5 Å². The zero-order valence-electron chi connectivity index (χ0n) is 15.0. The van der Waals surface area contributed by atoms with Crippen LogP contribution in [0.1, 0.15) is 0 Å². The number of hydrogen-bond acceptors (Lipinski definition) is 5. The van der Waals surface area contributed by atoms with Gasteiger partial charge in [-0.2, -0.15) is 0 Å². The first-order valence-corrected chi connectivity index (χ1v) is 8.82. The van der Waals surface area contributed by atoms with Crippen LogP contribution in [0, 0.1) is 5.82 Å². The van der Waals surface area contributed by atoms with Crippen LogP contribution in [0.15, 0.2) is 48.5 Å². The lowest BCUT2D eigenvalue weighted by atomic mass is 10.2. The van der Waals surface area contributed by atoms with E-state index in [2.05, 4.69) is 21.9 Å². The first kappa shape index (κ1) is 18.5. The Balaban J connectivity index is 1.42. The molecule has 0 spiro atoms. The van der Waals surface area contributed by atoms with Crippen molar-refractivity contribution in [3.8, 4) is 11.5 Å². The van der Waals surface area contributed by atoms with Gasteiger partial charge in [-0.05, 0) is 36.4 Å². The van der Waals surface area contributed by atoms with Gasteiger partial charge in [0.1, 0.15) is 18.5 Å². The summed E-state index contributed by atoms with van der Waals surface area (Å²) in [6, 6.07) is 14.3. The lowest BCUT2D eigenvalue weighted by Crippen LogP contribution is -2.49. The van der Waals surface area contributed by atoms with Crippen molar-refractivity contribution >= 4 is 5.69 Å². The molecule has 1 heterocycles. The second-order valence-corrected chi connectivity index (χ2v) is 6.38. The van der Waals surface area contributed by atoms with E-state index in [1.165, 1.54) is 11.8 Å². The summed E-state index contributed by atoms with van der Waals surface area (Å²) in [5, 5.41) is 10.2. The van der Waals surface area contributed by atoms with Gasteiger partial charge in [-0.1, -0.05) is 12.1 Å². The molecule has 0 saturated carbocycles. The number of aliphatic hydroxyl groups excluding tert-OH is 1. The molecule has 1 saturated heterocycles. The Morgan fingerprint density at radius 2 is 1.73 bits per heavy atom. The highest BCUT2D eigenvalue weighted by Crippen LogP contribution is 2.20. The minimum atomic E-state index is -0.651. The topological polar surface area (TPSA) is 45.2 Å². The van der Waals surface area contributed by atoms with Crippen LogP contribution in [0.4, 0.5) is 10.1 Å². The van der Waals surface area contributed by atoms with Crippen LogP contribution in [-0.2, 0) is 0 Å². The summed E-state index contributed by atoms with van der Waals surface area (Å²) in [5.74, 6) is 0.619. The molecular formula is C20H25FN2O3. The van der Waals surface area contributed by atoms with Crippen LogP contribution in [0.25, 0.3) is 0 Å². The van der Waals surface area contributed by atoms with Crippen molar-refractivity contribution in [1.82, 2.24) is 4.90 Å². The molecule has 0 aromatic heterocycles. The fourth-order valence-corrected chi connectivity index (χ4v) is 3.08. The van der Waals surface area contributed by atoms with Gasteiger partial charge in [-0.15, -0.1) is 0 Å². The Labute approximate surface area is 153 Å². The van der Waals surface area contributed by atoms with E-state index in [4.69, 9.17) is 9.47 Å². The van der Waals surface area contributed by atoms with Gasteiger partial charge < -0.3 is 19.5 Å². The molecule has 1 fully saturated rings. The Bertz CT molecular complexity index is 688. The standard InChI is InChI=1S/C20H25FN2O3/c1-25-18-8-6-16(7-9-18)23-12-10-22(11-13-23)14-17(24)15-26-20-5-3-2-4-19(20)21/h2-9,17,24H,10-15H2,1H3/t17-/m0/s1. The molecule has 2 aromatic carbocycles. The van der Waals surface area contributed by atoms with Crippen molar-refractivity contribution in [3.63, 3.8) is 0 Å². The third kappa shape index (κ3) is 4.86. The molecule has 0 unspecified atom stereocenters. The summed E-state index contributed by atoms with van der Waals surface area (Å²) < 4.78 is 24.1. The van der Waals surface area contributed by atoms with Gasteiger partial charge in [-0.25, -0.2) is 4.39 Å². The molecule has 1 atom stereocenters. The third-order valence-corrected chi connectivity index (χ3v) is 4.55. The number of hydrogen-bond donors (Lipinski definition) is 1. The second-order valence-electron chi connectivity index (χ2n) is 6.38. The SMILES string of the molecule is COc1ccc(N2CCN(C[C@H](O)COc3ccccc3F)CC2)cc1. The van der Waals surface area contributed by atoms with Crippen molar-refractivity contribution in [2.45, 2.75) is 6.10 Å². The minimum Gasteiger partial charge on any atom is -0.497 e. The van der Waals surface area contributed by atoms with Crippen LogP contribution in [0.2, 0.25) is 0 Å². The van der Waals surface area contributed by atoms with E-state index in [9.17, 15) is 9.50 Å². The molecule has 0 aliphatic carbocycles. The first-order chi connectivity index (χ1) is 12.7. The zero-order valence-corrected chi connectivity index (χ0v) is 15.0. The molecule has 26 heavy (non-hydrogen) atoms. The number of β-amino-alcohol motifs (C(OH)–C–C–N with tert-alkyl or cyclic N) is 1. The van der Waals surface area contributed by atoms with Crippen LogP contribution >= 0.6 is 0 Å². The van der Waals surface area contributed by atoms with Crippen molar-refractivity contribution in [2.24, 2.45) is 0 Å². The molecule has 0 bridgehead atoms. The number of piperazine rings is 1. The highest BCUT2D eigenvalue weighted by atomic mass is 19.1. The minimum absolute atomic E-state index is 0.0830. The summed E-state index contributed by atoms with van der Waals surface area (Å²) in [6.45, 7) is 4.12. The predicted octanol–water partition coefficient (Wildman–Crippen LogP) is 2.40. The molecule has 140 valence electrons. The molecule has 1 aliphatic heterocycles. The smallest absolute Gasteiger partial charge is 0.165 e. The van der Waals surface area contributed by atoms with E-state index in [0.29, 0.717) is 6.54 Å². The maximum absolute atomic E-state index is 13.5. The zero-order chi connectivity index (χ0) is 18.4. The van der Waals surface area contributed by atoms with Crippen molar-refractivity contribution in [3.05, 3.63) is 54.3 Å². The van der Waals surface area contributed by atoms with Crippen molar-refractivity contribution < 1.29 is 19.0 Å². The molecule has 3 rings (SSSR count). The Kier molecular flexibility index (Phi) is 6.30. The Morgan fingerprint density at radius 3 is 2.38 bits per heavy atom. The van der Waals surface area contributed by atoms with E-state index in [1.54, 1.807) is 25.3 Å². The molecule has 0 amide bonds. The van der Waals surface area contributed by atoms with E-state index in [1.807, 2.05) is 12.1 Å². The van der Waals surface area contributed by atoms with Gasteiger partial charge in [-0.3, -0.25) is 4.90 Å². The number of methoxy groups -OCH3 is 1. The monoisotopic (exact) mass is 360 g/mol. The average molecular weight is 360 g/mol. The highest BCUT2D eigenvalue weighted by Gasteiger charge is 2.20. The molecule has 2 aromatic rings. The number of rotatable bonds is 7. The number of aliphatic hydroxyl groups is 1. The maximum Gasteiger partial charge on any atom is 0.165 e.